The minimum absolute atomic E-state index is 0.0845. The van der Waals surface area contributed by atoms with Crippen molar-refractivity contribution < 1.29 is 12.8 Å². The summed E-state index contributed by atoms with van der Waals surface area (Å²) in [5.74, 6) is -0.728. The van der Waals surface area contributed by atoms with Crippen LogP contribution in [0.25, 0.3) is 0 Å². The number of hydrogen-bond acceptors (Lipinski definition) is 2. The van der Waals surface area contributed by atoms with Gasteiger partial charge >= 0.3 is 0 Å². The number of sulfonamides is 1. The summed E-state index contributed by atoms with van der Waals surface area (Å²) in [6, 6.07) is 8.60. The first-order valence-corrected chi connectivity index (χ1v) is 8.19. The molecular formula is C13H10BrClFNO2S. The van der Waals surface area contributed by atoms with Crippen molar-refractivity contribution in [3.8, 4) is 0 Å². The zero-order valence-electron chi connectivity index (χ0n) is 10.3. The molecule has 0 saturated heterocycles. The van der Waals surface area contributed by atoms with Gasteiger partial charge in [-0.3, -0.25) is 4.72 Å². The van der Waals surface area contributed by atoms with Gasteiger partial charge in [0.25, 0.3) is 10.0 Å². The van der Waals surface area contributed by atoms with Gasteiger partial charge in [-0.25, -0.2) is 12.8 Å². The highest BCUT2D eigenvalue weighted by Gasteiger charge is 2.19. The molecule has 0 fully saturated rings. The molecule has 3 nitrogen and oxygen atoms in total. The zero-order valence-corrected chi connectivity index (χ0v) is 13.5. The van der Waals surface area contributed by atoms with Crippen LogP contribution in [0.3, 0.4) is 0 Å². The fourth-order valence-electron chi connectivity index (χ4n) is 1.64. The quantitative estimate of drug-likeness (QED) is 0.863. The van der Waals surface area contributed by atoms with E-state index in [1.165, 1.54) is 18.2 Å². The predicted octanol–water partition coefficient (Wildman–Crippen LogP) is 4.35. The number of halogens is 3. The second-order valence-electron chi connectivity index (χ2n) is 4.14. The van der Waals surface area contributed by atoms with E-state index in [1.54, 1.807) is 19.1 Å². The van der Waals surface area contributed by atoms with Crippen LogP contribution in [-0.4, -0.2) is 8.42 Å². The molecule has 0 bridgehead atoms. The number of rotatable bonds is 3. The first-order valence-electron chi connectivity index (χ1n) is 5.53. The molecule has 7 heteroatoms. The van der Waals surface area contributed by atoms with Gasteiger partial charge in [0.2, 0.25) is 0 Å². The van der Waals surface area contributed by atoms with Crippen LogP contribution in [0.15, 0.2) is 45.8 Å². The molecule has 0 spiro atoms. The fourth-order valence-corrected chi connectivity index (χ4v) is 3.65. The minimum atomic E-state index is -3.86. The Morgan fingerprint density at radius 2 is 1.90 bits per heavy atom. The van der Waals surface area contributed by atoms with E-state index in [0.29, 0.717) is 10.0 Å². The molecule has 20 heavy (non-hydrogen) atoms. The van der Waals surface area contributed by atoms with Crippen molar-refractivity contribution in [1.82, 2.24) is 0 Å². The van der Waals surface area contributed by atoms with Gasteiger partial charge < -0.3 is 0 Å². The van der Waals surface area contributed by atoms with Crippen LogP contribution in [0.1, 0.15) is 5.56 Å². The third-order valence-electron chi connectivity index (χ3n) is 2.62. The normalized spacial score (nSPS) is 11.4. The Morgan fingerprint density at radius 1 is 1.20 bits per heavy atom. The molecule has 2 rings (SSSR count). The van der Waals surface area contributed by atoms with E-state index >= 15 is 0 Å². The Morgan fingerprint density at radius 3 is 2.55 bits per heavy atom. The molecule has 0 aliphatic carbocycles. The van der Waals surface area contributed by atoms with Crippen LogP contribution in [0, 0.1) is 12.7 Å². The van der Waals surface area contributed by atoms with Gasteiger partial charge in [-0.05, 0) is 42.8 Å². The maximum atomic E-state index is 13.7. The van der Waals surface area contributed by atoms with Crippen LogP contribution in [0.2, 0.25) is 5.02 Å². The standard InChI is InChI=1S/C13H10BrClFNO2S/c1-8-2-3-9(14)6-13(8)20(18,19)17-12-5-4-10(15)7-11(12)16/h2-7,17H,1H3. The molecule has 0 amide bonds. The van der Waals surface area contributed by atoms with Gasteiger partial charge in [0.15, 0.2) is 0 Å². The zero-order chi connectivity index (χ0) is 14.9. The second-order valence-corrected chi connectivity index (χ2v) is 7.14. The highest BCUT2D eigenvalue weighted by Crippen LogP contribution is 2.25. The van der Waals surface area contributed by atoms with E-state index in [4.69, 9.17) is 11.6 Å². The Labute approximate surface area is 130 Å². The lowest BCUT2D eigenvalue weighted by Gasteiger charge is -2.11. The minimum Gasteiger partial charge on any atom is -0.277 e. The van der Waals surface area contributed by atoms with Crippen LogP contribution in [0.5, 0.6) is 0 Å². The van der Waals surface area contributed by atoms with Crippen molar-refractivity contribution in [2.24, 2.45) is 0 Å². The van der Waals surface area contributed by atoms with Gasteiger partial charge in [0.05, 0.1) is 10.6 Å². The third kappa shape index (κ3) is 3.31. The molecule has 1 N–H and O–H groups in total. The van der Waals surface area contributed by atoms with Crippen molar-refractivity contribution in [2.75, 3.05) is 4.72 Å². The molecule has 0 aliphatic heterocycles. The van der Waals surface area contributed by atoms with Gasteiger partial charge in [0, 0.05) is 9.50 Å². The molecule has 2 aromatic carbocycles. The lowest BCUT2D eigenvalue weighted by atomic mass is 10.2. The smallest absolute Gasteiger partial charge is 0.262 e. The van der Waals surface area contributed by atoms with E-state index in [2.05, 4.69) is 20.7 Å². The summed E-state index contributed by atoms with van der Waals surface area (Å²) < 4.78 is 41.1. The van der Waals surface area contributed by atoms with E-state index in [9.17, 15) is 12.8 Å². The van der Waals surface area contributed by atoms with E-state index in [1.807, 2.05) is 0 Å². The lowest BCUT2D eigenvalue weighted by molar-refractivity contribution is 0.598. The van der Waals surface area contributed by atoms with E-state index < -0.39 is 15.8 Å². The van der Waals surface area contributed by atoms with Crippen molar-refractivity contribution in [3.63, 3.8) is 0 Å². The monoisotopic (exact) mass is 377 g/mol. The number of nitrogens with one attached hydrogen (secondary N) is 1. The summed E-state index contributed by atoms with van der Waals surface area (Å²) >= 11 is 8.84. The Kier molecular flexibility index (Phi) is 4.36. The molecule has 0 aromatic heterocycles. The number of hydrogen-bond donors (Lipinski definition) is 1. The summed E-state index contributed by atoms with van der Waals surface area (Å²) in [6.07, 6.45) is 0. The largest absolute Gasteiger partial charge is 0.277 e. The molecule has 0 heterocycles. The Balaban J connectivity index is 2.43. The third-order valence-corrected chi connectivity index (χ3v) is 4.85. The molecule has 106 valence electrons. The van der Waals surface area contributed by atoms with Crippen LogP contribution >= 0.6 is 27.5 Å². The topological polar surface area (TPSA) is 46.2 Å². The Bertz CT molecular complexity index is 765. The molecule has 0 radical (unpaired) electrons. The van der Waals surface area contributed by atoms with Crippen molar-refractivity contribution >= 4 is 43.2 Å². The van der Waals surface area contributed by atoms with Crippen molar-refractivity contribution in [3.05, 3.63) is 57.3 Å². The first-order chi connectivity index (χ1) is 9.29. The molecule has 2 aromatic rings. The highest BCUT2D eigenvalue weighted by atomic mass is 79.9. The average Bonchev–Trinajstić information content (AvgIpc) is 2.35. The highest BCUT2D eigenvalue weighted by molar-refractivity contribution is 9.10. The predicted molar refractivity (Wildman–Crippen MR) is 81.1 cm³/mol. The van der Waals surface area contributed by atoms with Crippen molar-refractivity contribution in [1.29, 1.82) is 0 Å². The summed E-state index contributed by atoms with van der Waals surface area (Å²) in [6.45, 7) is 1.67. The molecule has 0 atom stereocenters. The maximum Gasteiger partial charge on any atom is 0.262 e. The van der Waals surface area contributed by atoms with E-state index in [0.717, 1.165) is 6.07 Å². The van der Waals surface area contributed by atoms with Crippen LogP contribution in [0.4, 0.5) is 10.1 Å². The van der Waals surface area contributed by atoms with Gasteiger partial charge in [-0.15, -0.1) is 0 Å². The molecular weight excluding hydrogens is 369 g/mol. The molecule has 0 saturated carbocycles. The number of benzene rings is 2. The van der Waals surface area contributed by atoms with Gasteiger partial charge in [-0.1, -0.05) is 33.6 Å². The average molecular weight is 379 g/mol. The maximum absolute atomic E-state index is 13.7. The SMILES string of the molecule is Cc1ccc(Br)cc1S(=O)(=O)Nc1ccc(Cl)cc1F. The fraction of sp³-hybridized carbons (Fsp3) is 0.0769. The first kappa shape index (κ1) is 15.3. The molecule has 0 unspecified atom stereocenters. The van der Waals surface area contributed by atoms with Crippen LogP contribution < -0.4 is 4.72 Å². The lowest BCUT2D eigenvalue weighted by Crippen LogP contribution is -2.15. The summed E-state index contributed by atoms with van der Waals surface area (Å²) in [5, 5.41) is 0.198. The second kappa shape index (κ2) is 5.71. The molecule has 0 aliphatic rings. The Hall–Kier alpha value is -1.11. The van der Waals surface area contributed by atoms with Crippen LogP contribution in [-0.2, 0) is 10.0 Å². The van der Waals surface area contributed by atoms with E-state index in [-0.39, 0.29) is 15.6 Å². The van der Waals surface area contributed by atoms with Gasteiger partial charge in [0.1, 0.15) is 5.82 Å². The van der Waals surface area contributed by atoms with Crippen molar-refractivity contribution in [2.45, 2.75) is 11.8 Å². The number of aryl methyl sites for hydroxylation is 1. The summed E-state index contributed by atoms with van der Waals surface area (Å²) in [7, 11) is -3.86. The number of anilines is 1. The van der Waals surface area contributed by atoms with Gasteiger partial charge in [-0.2, -0.15) is 0 Å². The summed E-state index contributed by atoms with van der Waals surface area (Å²) in [5.41, 5.74) is 0.420. The summed E-state index contributed by atoms with van der Waals surface area (Å²) in [4.78, 5) is 0.0845.